The van der Waals surface area contributed by atoms with Crippen molar-refractivity contribution in [3.05, 3.63) is 51.6 Å². The van der Waals surface area contributed by atoms with Gasteiger partial charge in [-0.2, -0.15) is 0 Å². The van der Waals surface area contributed by atoms with Gasteiger partial charge >= 0.3 is 0 Å². The first kappa shape index (κ1) is 13.4. The molecule has 2 heterocycles. The largest absolute Gasteiger partial charge is 0.497 e. The molecule has 0 aliphatic carbocycles. The van der Waals surface area contributed by atoms with Crippen LogP contribution in [0.2, 0.25) is 0 Å². The summed E-state index contributed by atoms with van der Waals surface area (Å²) in [6.45, 7) is 1.68. The highest BCUT2D eigenvalue weighted by Crippen LogP contribution is 2.34. The van der Waals surface area contributed by atoms with E-state index in [0.717, 1.165) is 5.56 Å². The van der Waals surface area contributed by atoms with Gasteiger partial charge in [-0.15, -0.1) is 0 Å². The number of anilines is 1. The second-order valence-corrected chi connectivity index (χ2v) is 5.00. The Hall–Kier alpha value is -2.63. The lowest BCUT2D eigenvalue weighted by Gasteiger charge is -2.24. The summed E-state index contributed by atoms with van der Waals surface area (Å²) >= 11 is 0. The van der Waals surface area contributed by atoms with Crippen LogP contribution in [0.25, 0.3) is 0 Å². The van der Waals surface area contributed by atoms with Gasteiger partial charge in [0.25, 0.3) is 5.56 Å². The van der Waals surface area contributed by atoms with Gasteiger partial charge in [0, 0.05) is 12.3 Å². The van der Waals surface area contributed by atoms with Crippen LogP contribution in [-0.2, 0) is 4.79 Å². The zero-order valence-corrected chi connectivity index (χ0v) is 11.8. The summed E-state index contributed by atoms with van der Waals surface area (Å²) in [6, 6.07) is 7.39. The number of amides is 1. The monoisotopic (exact) mass is 285 g/mol. The molecule has 0 saturated carbocycles. The second-order valence-electron chi connectivity index (χ2n) is 5.00. The lowest BCUT2D eigenvalue weighted by atomic mass is 9.87. The molecule has 2 N–H and O–H groups in total. The molecule has 0 radical (unpaired) electrons. The van der Waals surface area contributed by atoms with Gasteiger partial charge in [0.05, 0.1) is 12.7 Å². The number of nitrogens with one attached hydrogen (secondary N) is 2. The normalized spacial score (nSPS) is 17.0. The fourth-order valence-electron chi connectivity index (χ4n) is 2.63. The number of aromatic amines is 1. The van der Waals surface area contributed by atoms with Crippen molar-refractivity contribution in [2.24, 2.45) is 0 Å². The Labute approximate surface area is 121 Å². The SMILES string of the molecule is COc1cccc([C@@H]2CC(=O)Nc3nc(C)[nH]c(=O)c32)c1. The van der Waals surface area contributed by atoms with E-state index in [1.54, 1.807) is 14.0 Å². The van der Waals surface area contributed by atoms with E-state index in [-0.39, 0.29) is 23.8 Å². The molecule has 21 heavy (non-hydrogen) atoms. The number of ether oxygens (including phenoxy) is 1. The molecule has 1 aromatic carbocycles. The van der Waals surface area contributed by atoms with E-state index in [9.17, 15) is 9.59 Å². The summed E-state index contributed by atoms with van der Waals surface area (Å²) < 4.78 is 5.21. The number of benzene rings is 1. The number of carbonyl (C=O) groups is 1. The summed E-state index contributed by atoms with van der Waals surface area (Å²) in [7, 11) is 1.58. The van der Waals surface area contributed by atoms with E-state index in [2.05, 4.69) is 15.3 Å². The van der Waals surface area contributed by atoms with Crippen molar-refractivity contribution in [2.75, 3.05) is 12.4 Å². The predicted molar refractivity (Wildman–Crippen MR) is 77.7 cm³/mol. The summed E-state index contributed by atoms with van der Waals surface area (Å²) in [6.07, 6.45) is 0.216. The van der Waals surface area contributed by atoms with Crippen molar-refractivity contribution in [1.29, 1.82) is 0 Å². The first-order valence-electron chi connectivity index (χ1n) is 6.63. The minimum atomic E-state index is -0.319. The number of aryl methyl sites for hydroxylation is 1. The van der Waals surface area contributed by atoms with Gasteiger partial charge < -0.3 is 15.0 Å². The molecule has 0 saturated heterocycles. The molecule has 0 bridgehead atoms. The van der Waals surface area contributed by atoms with Crippen LogP contribution in [-0.4, -0.2) is 23.0 Å². The van der Waals surface area contributed by atoms with Gasteiger partial charge in [0.1, 0.15) is 17.4 Å². The molecule has 1 aromatic heterocycles. The molecular formula is C15H15N3O3. The molecule has 1 aliphatic heterocycles. The Morgan fingerprint density at radius 1 is 1.33 bits per heavy atom. The van der Waals surface area contributed by atoms with Crippen molar-refractivity contribution in [3.8, 4) is 5.75 Å². The van der Waals surface area contributed by atoms with Gasteiger partial charge in [-0.05, 0) is 24.6 Å². The first-order chi connectivity index (χ1) is 10.1. The zero-order chi connectivity index (χ0) is 15.0. The number of carbonyl (C=O) groups excluding carboxylic acids is 1. The van der Waals surface area contributed by atoms with Crippen LogP contribution in [0.15, 0.2) is 29.1 Å². The van der Waals surface area contributed by atoms with E-state index in [0.29, 0.717) is 23.0 Å². The number of hydrogen-bond acceptors (Lipinski definition) is 4. The van der Waals surface area contributed by atoms with E-state index >= 15 is 0 Å². The molecule has 0 spiro atoms. The fourth-order valence-corrected chi connectivity index (χ4v) is 2.63. The highest BCUT2D eigenvalue weighted by Gasteiger charge is 2.30. The Kier molecular flexibility index (Phi) is 3.21. The number of aromatic nitrogens is 2. The maximum atomic E-state index is 12.3. The molecule has 3 rings (SSSR count). The van der Waals surface area contributed by atoms with E-state index in [4.69, 9.17) is 4.74 Å². The molecule has 6 heteroatoms. The minimum Gasteiger partial charge on any atom is -0.497 e. The smallest absolute Gasteiger partial charge is 0.256 e. The lowest BCUT2D eigenvalue weighted by Crippen LogP contribution is -2.31. The number of rotatable bonds is 2. The Bertz CT molecular complexity index is 767. The molecule has 0 fully saturated rings. The number of H-pyrrole nitrogens is 1. The third-order valence-electron chi connectivity index (χ3n) is 3.57. The van der Waals surface area contributed by atoms with E-state index < -0.39 is 0 Å². The summed E-state index contributed by atoms with van der Waals surface area (Å²) in [5.41, 5.74) is 1.14. The van der Waals surface area contributed by atoms with Gasteiger partial charge in [0.2, 0.25) is 5.91 Å². The quantitative estimate of drug-likeness (QED) is 0.877. The van der Waals surface area contributed by atoms with E-state index in [1.807, 2.05) is 24.3 Å². The van der Waals surface area contributed by atoms with Crippen LogP contribution in [0.5, 0.6) is 5.75 Å². The second kappa shape index (κ2) is 5.05. The van der Waals surface area contributed by atoms with Crippen molar-refractivity contribution < 1.29 is 9.53 Å². The lowest BCUT2D eigenvalue weighted by molar-refractivity contribution is -0.116. The average Bonchev–Trinajstić information content (AvgIpc) is 2.45. The van der Waals surface area contributed by atoms with Gasteiger partial charge in [0.15, 0.2) is 0 Å². The summed E-state index contributed by atoms with van der Waals surface area (Å²) in [4.78, 5) is 31.1. The van der Waals surface area contributed by atoms with Gasteiger partial charge in [-0.3, -0.25) is 9.59 Å². The Morgan fingerprint density at radius 2 is 2.14 bits per heavy atom. The number of hydrogen-bond donors (Lipinski definition) is 2. The molecule has 1 amide bonds. The minimum absolute atomic E-state index is 0.146. The van der Waals surface area contributed by atoms with Crippen molar-refractivity contribution in [2.45, 2.75) is 19.3 Å². The van der Waals surface area contributed by atoms with Crippen LogP contribution >= 0.6 is 0 Å². The Morgan fingerprint density at radius 3 is 2.90 bits per heavy atom. The van der Waals surface area contributed by atoms with Crippen molar-refractivity contribution >= 4 is 11.7 Å². The highest BCUT2D eigenvalue weighted by atomic mass is 16.5. The first-order valence-corrected chi connectivity index (χ1v) is 6.63. The molecule has 0 unspecified atom stereocenters. The highest BCUT2D eigenvalue weighted by molar-refractivity contribution is 5.94. The Balaban J connectivity index is 2.16. The summed E-state index contributed by atoms with van der Waals surface area (Å²) in [5.74, 6) is 1.05. The van der Waals surface area contributed by atoms with Crippen molar-refractivity contribution in [3.63, 3.8) is 0 Å². The molecular weight excluding hydrogens is 270 g/mol. The maximum absolute atomic E-state index is 12.3. The number of fused-ring (bicyclic) bond motifs is 1. The van der Waals surface area contributed by atoms with Crippen LogP contribution in [0.3, 0.4) is 0 Å². The zero-order valence-electron chi connectivity index (χ0n) is 11.8. The average molecular weight is 285 g/mol. The third-order valence-corrected chi connectivity index (χ3v) is 3.57. The molecule has 1 atom stereocenters. The van der Waals surface area contributed by atoms with E-state index in [1.165, 1.54) is 0 Å². The predicted octanol–water partition coefficient (Wildman–Crippen LogP) is 1.56. The van der Waals surface area contributed by atoms with Crippen LogP contribution < -0.4 is 15.6 Å². The van der Waals surface area contributed by atoms with Crippen LogP contribution in [0, 0.1) is 6.92 Å². The topological polar surface area (TPSA) is 84.1 Å². The van der Waals surface area contributed by atoms with Crippen LogP contribution in [0.1, 0.15) is 29.3 Å². The number of methoxy groups -OCH3 is 1. The number of nitrogens with zero attached hydrogens (tertiary/aromatic N) is 1. The van der Waals surface area contributed by atoms with Crippen LogP contribution in [0.4, 0.5) is 5.82 Å². The molecule has 108 valence electrons. The maximum Gasteiger partial charge on any atom is 0.256 e. The van der Waals surface area contributed by atoms with Crippen molar-refractivity contribution in [1.82, 2.24) is 9.97 Å². The standard InChI is InChI=1S/C15H15N3O3/c1-8-16-14-13(15(20)17-8)11(7-12(19)18-14)9-4-3-5-10(6-9)21-2/h3-6,11H,7H2,1-2H3,(H2,16,17,18,19,20)/t11-/m0/s1. The molecule has 2 aromatic rings. The summed E-state index contributed by atoms with van der Waals surface area (Å²) in [5, 5.41) is 2.67. The fraction of sp³-hybridized carbons (Fsp3) is 0.267. The van der Waals surface area contributed by atoms with Gasteiger partial charge in [-0.1, -0.05) is 12.1 Å². The third kappa shape index (κ3) is 2.40. The molecule has 1 aliphatic rings. The molecule has 6 nitrogen and oxygen atoms in total. The van der Waals surface area contributed by atoms with Gasteiger partial charge in [-0.25, -0.2) is 4.98 Å².